The van der Waals surface area contributed by atoms with Gasteiger partial charge in [0.2, 0.25) is 29.5 Å². The molecule has 2 bridgehead atoms. The van der Waals surface area contributed by atoms with E-state index in [2.05, 4.69) is 135 Å². The summed E-state index contributed by atoms with van der Waals surface area (Å²) in [6.07, 6.45) is 8.44. The molecule has 7 aromatic carbocycles. The average molecular weight is 1760 g/mol. The molecule has 6 saturated heterocycles. The van der Waals surface area contributed by atoms with Gasteiger partial charge in [-0.3, -0.25) is 24.0 Å². The third-order valence-corrected chi connectivity index (χ3v) is 27.6. The minimum Gasteiger partial charge on any atom is -0.384 e. The van der Waals surface area contributed by atoms with Gasteiger partial charge in [-0.15, -0.1) is 11.8 Å². The van der Waals surface area contributed by atoms with Crippen molar-refractivity contribution in [1.29, 1.82) is 0 Å². The fourth-order valence-electron chi connectivity index (χ4n) is 19.0. The van der Waals surface area contributed by atoms with Crippen LogP contribution in [-0.4, -0.2) is 204 Å². The lowest BCUT2D eigenvalue weighted by atomic mass is 9.83. The number of piperazine rings is 4. The van der Waals surface area contributed by atoms with Crippen LogP contribution in [0.2, 0.25) is 5.02 Å². The molecule has 5 amide bonds. The van der Waals surface area contributed by atoms with Gasteiger partial charge >= 0.3 is 0 Å². The molecule has 127 heavy (non-hydrogen) atoms. The molecule has 18 rings (SSSR count). The van der Waals surface area contributed by atoms with E-state index in [1.807, 2.05) is 132 Å². The number of thioether (sulfide) groups is 1. The molecule has 3 aromatic heterocycles. The van der Waals surface area contributed by atoms with E-state index in [1.54, 1.807) is 36.0 Å². The summed E-state index contributed by atoms with van der Waals surface area (Å²) in [6, 6.07) is 57.6. The third kappa shape index (κ3) is 23.4. The second kappa shape index (κ2) is 43.5. The SMILES string of the molecule is Cc1ccc(Cl)cc1N1CCN(C(=O)[C@@H]2C[C@@H]2c2ccccc2)CC1.Cc1ccccc1N1CCN(C(=O)CCc2c(C)noc2C)CC1.Cc1noc(C)c1CCC(=O)N1CCN(c2ccccc2F)CC1.Cc1noc(C)c1CSCC(=O)N1C2CCC1CC(c1ccccc1C#CCO)C2.O=C([C@@H]1C[C@@H]1c1ccccc1)N1CCN(c2ccccc2F)CC1. The fraction of sp³-hybridized carbons (Fsp3) is 0.431. The first-order valence-electron chi connectivity index (χ1n) is 44.9. The van der Waals surface area contributed by atoms with Gasteiger partial charge in [0, 0.05) is 186 Å². The van der Waals surface area contributed by atoms with Crippen molar-refractivity contribution in [2.24, 2.45) is 11.8 Å². The Morgan fingerprint density at radius 3 is 1.28 bits per heavy atom. The van der Waals surface area contributed by atoms with Crippen LogP contribution in [0.5, 0.6) is 0 Å². The van der Waals surface area contributed by atoms with Crippen molar-refractivity contribution in [3.63, 3.8) is 0 Å². The van der Waals surface area contributed by atoms with Crippen LogP contribution in [0.4, 0.5) is 31.5 Å². The van der Waals surface area contributed by atoms with E-state index < -0.39 is 0 Å². The Bertz CT molecular complexity index is 5260. The van der Waals surface area contributed by atoms with Gasteiger partial charge in [0.25, 0.3) is 0 Å². The summed E-state index contributed by atoms with van der Waals surface area (Å²) in [4.78, 5) is 82.1. The quantitative estimate of drug-likeness (QED) is 0.0745. The van der Waals surface area contributed by atoms with E-state index in [4.69, 9.17) is 30.3 Å². The summed E-state index contributed by atoms with van der Waals surface area (Å²) in [5.74, 6) is 11.9. The molecule has 2 saturated carbocycles. The van der Waals surface area contributed by atoms with Crippen LogP contribution in [0, 0.1) is 90.7 Å². The zero-order valence-corrected chi connectivity index (χ0v) is 76.0. The van der Waals surface area contributed by atoms with Crippen molar-refractivity contribution in [2.75, 3.05) is 137 Å². The highest BCUT2D eigenvalue weighted by molar-refractivity contribution is 7.99. The number of carbonyl (C=O) groups is 5. The van der Waals surface area contributed by atoms with E-state index in [0.29, 0.717) is 131 Å². The van der Waals surface area contributed by atoms with Crippen LogP contribution in [0.15, 0.2) is 189 Å². The summed E-state index contributed by atoms with van der Waals surface area (Å²) < 4.78 is 43.2. The highest BCUT2D eigenvalue weighted by Crippen LogP contribution is 2.50. The number of aliphatic hydroxyl groups is 1. The molecule has 1 N–H and O–H groups in total. The highest BCUT2D eigenvalue weighted by atomic mass is 35.5. The number of hydrogen-bond donors (Lipinski definition) is 1. The number of anilines is 4. The number of halogens is 3. The number of aliphatic hydroxyl groups excluding tert-OH is 1. The number of piperidine rings is 1. The summed E-state index contributed by atoms with van der Waals surface area (Å²) >= 11 is 7.80. The van der Waals surface area contributed by atoms with Crippen molar-refractivity contribution in [3.05, 3.63) is 277 Å². The standard InChI is InChI=1S/C24H28N2O3S.C21H23ClN2O.C20H21FN2O.C19H25N3O2.C18H22FN3O2/c1-16-23(17(2)29-25-16)14-30-15-24(28)26-20-9-10-21(26)13-19(12-20)22-8-4-3-6-18(22)7-5-11-27;1-15-7-8-17(22)13-20(15)23-9-11-24(12-10-23)21(25)19-14-18(19)16-5-3-2-4-6-16;21-18-8-4-5-9-19(18)22-10-12-23(13-11-22)20(24)17-14-16(17)15-6-2-1-3-7-15;1-14-6-4-5-7-18(14)21-10-12-22(13-11-21)19(23)9-8-17-15(2)20-24-16(17)3;1-13-15(14(2)24-20-13)7-8-18(23)22-11-9-21(10-12-22)17-6-4-3-5-16(17)19/h3-4,6,8,19-21,27H,9-15H2,1-2H3;2-8,13,18-19H,9-12,14H2,1H3;1-9,16-17H,10-14H2;4-7H,8-13H2,1-3H3;3-6H,7-12H2,1-2H3/t;18-,19-;16-,17-;;/m.11../s1. The maximum absolute atomic E-state index is 13.9. The Hall–Kier alpha value is -11.3. The van der Waals surface area contributed by atoms with Crippen LogP contribution in [0.1, 0.15) is 154 Å². The van der Waals surface area contributed by atoms with Crippen molar-refractivity contribution in [1.82, 2.24) is 40.0 Å². The van der Waals surface area contributed by atoms with Gasteiger partial charge in [-0.2, -0.15) is 0 Å². The van der Waals surface area contributed by atoms with Crippen molar-refractivity contribution >= 4 is 75.6 Å². The molecular formula is C102H119ClF2N12O9S. The highest BCUT2D eigenvalue weighted by Gasteiger charge is 2.48. The monoisotopic (exact) mass is 1760 g/mol. The predicted octanol–water partition coefficient (Wildman–Crippen LogP) is 16.8. The number of amides is 5. The van der Waals surface area contributed by atoms with Gasteiger partial charge in [0.05, 0.1) is 34.2 Å². The number of fused-ring (bicyclic) bond motifs is 2. The molecular weight excluding hydrogens is 1640 g/mol. The Morgan fingerprint density at radius 1 is 0.441 bits per heavy atom. The van der Waals surface area contributed by atoms with E-state index in [-0.39, 0.29) is 53.7 Å². The molecule has 25 heteroatoms. The van der Waals surface area contributed by atoms with Crippen molar-refractivity contribution in [3.8, 4) is 11.8 Å². The number of hydrogen-bond acceptors (Lipinski definition) is 17. The lowest BCUT2D eigenvalue weighted by Crippen LogP contribution is -2.49. The fourth-order valence-corrected chi connectivity index (χ4v) is 20.2. The molecule has 6 atom stereocenters. The maximum atomic E-state index is 13.9. The normalized spacial score (nSPS) is 19.9. The Balaban J connectivity index is 0.000000129. The number of carbonyl (C=O) groups excluding carboxylic acids is 5. The Morgan fingerprint density at radius 2 is 0.835 bits per heavy atom. The smallest absolute Gasteiger partial charge is 0.233 e. The van der Waals surface area contributed by atoms with E-state index in [1.165, 1.54) is 51.3 Å². The minimum absolute atomic E-state index is 0.127. The van der Waals surface area contributed by atoms with Gasteiger partial charge in [-0.1, -0.05) is 166 Å². The predicted molar refractivity (Wildman–Crippen MR) is 497 cm³/mol. The number of para-hydroxylation sites is 3. The first-order chi connectivity index (χ1) is 61.6. The summed E-state index contributed by atoms with van der Waals surface area (Å²) in [7, 11) is 0. The molecule has 8 fully saturated rings. The number of nitrogens with zero attached hydrogens (tertiary/aromatic N) is 12. The summed E-state index contributed by atoms with van der Waals surface area (Å²) in [5, 5.41) is 21.7. The first-order valence-corrected chi connectivity index (χ1v) is 46.5. The molecule has 668 valence electrons. The zero-order valence-electron chi connectivity index (χ0n) is 74.4. The molecule has 10 aromatic rings. The Kier molecular flexibility index (Phi) is 31.5. The molecule has 21 nitrogen and oxygen atoms in total. The van der Waals surface area contributed by atoms with Crippen LogP contribution < -0.4 is 19.6 Å². The van der Waals surface area contributed by atoms with Gasteiger partial charge in [0.15, 0.2) is 0 Å². The number of aryl methyl sites for hydroxylation is 8. The summed E-state index contributed by atoms with van der Waals surface area (Å²) in [5.41, 5.74) is 16.9. The van der Waals surface area contributed by atoms with E-state index >= 15 is 0 Å². The van der Waals surface area contributed by atoms with Crippen LogP contribution in [0.25, 0.3) is 0 Å². The second-order valence-corrected chi connectivity index (χ2v) is 35.9. The lowest BCUT2D eigenvalue weighted by molar-refractivity contribution is -0.133. The van der Waals surface area contributed by atoms with Crippen LogP contribution >= 0.6 is 23.4 Å². The minimum atomic E-state index is -0.212. The molecule has 0 spiro atoms. The Labute approximate surface area is 755 Å². The first kappa shape index (κ1) is 91.9. The summed E-state index contributed by atoms with van der Waals surface area (Å²) in [6.45, 7) is 27.5. The third-order valence-electron chi connectivity index (χ3n) is 26.4. The van der Waals surface area contributed by atoms with Gasteiger partial charge in [-0.25, -0.2) is 8.78 Å². The lowest BCUT2D eigenvalue weighted by Gasteiger charge is -2.39. The van der Waals surface area contributed by atoms with E-state index in [0.717, 1.165) is 158 Å². The maximum Gasteiger partial charge on any atom is 0.233 e. The molecule has 9 heterocycles. The molecule has 0 radical (unpaired) electrons. The van der Waals surface area contributed by atoms with E-state index in [9.17, 15) is 32.8 Å². The van der Waals surface area contributed by atoms with Crippen molar-refractivity contribution in [2.45, 2.75) is 155 Å². The van der Waals surface area contributed by atoms with Gasteiger partial charge < -0.3 is 62.8 Å². The van der Waals surface area contributed by atoms with Crippen molar-refractivity contribution < 1.29 is 51.4 Å². The molecule has 2 unspecified atom stereocenters. The van der Waals surface area contributed by atoms with Crippen LogP contribution in [0.3, 0.4) is 0 Å². The zero-order chi connectivity index (χ0) is 89.2. The number of aromatic nitrogens is 3. The molecule has 2 aliphatic carbocycles. The number of benzene rings is 7. The number of rotatable bonds is 19. The largest absolute Gasteiger partial charge is 0.384 e. The molecule has 8 aliphatic rings. The topological polar surface area (TPSA) is 213 Å². The van der Waals surface area contributed by atoms with Crippen LogP contribution in [-0.2, 0) is 42.6 Å². The van der Waals surface area contributed by atoms with Gasteiger partial charge in [-0.05, 0) is 201 Å². The second-order valence-electron chi connectivity index (χ2n) is 34.5. The molecule has 6 aliphatic heterocycles. The average Bonchev–Trinajstić information content (AvgIpc) is 1.64. The van der Waals surface area contributed by atoms with Gasteiger partial charge in [0.1, 0.15) is 35.5 Å².